The zero-order valence-electron chi connectivity index (χ0n) is 9.01. The van der Waals surface area contributed by atoms with Crippen molar-refractivity contribution in [3.8, 4) is 0 Å². The summed E-state index contributed by atoms with van der Waals surface area (Å²) in [7, 11) is 0. The van der Waals surface area contributed by atoms with Crippen LogP contribution in [0.3, 0.4) is 0 Å². The van der Waals surface area contributed by atoms with E-state index in [1.807, 2.05) is 23.6 Å². The first-order chi connectivity index (χ1) is 8.06. The lowest BCUT2D eigenvalue weighted by molar-refractivity contribution is 0.891. The van der Waals surface area contributed by atoms with Crippen molar-refractivity contribution < 1.29 is 0 Å². The standard InChI is InChI=1S/C12H10Cl3NS/c1-7(8-4-12(15)17-6-8)16-11-3-2-9(13)5-10(11)14/h2-7,16H,1H3. The highest BCUT2D eigenvalue weighted by Gasteiger charge is 2.09. The van der Waals surface area contributed by atoms with E-state index in [0.717, 1.165) is 15.6 Å². The van der Waals surface area contributed by atoms with Crippen molar-refractivity contribution in [1.82, 2.24) is 0 Å². The third kappa shape index (κ3) is 3.29. The highest BCUT2D eigenvalue weighted by Crippen LogP contribution is 2.31. The van der Waals surface area contributed by atoms with Crippen LogP contribution in [-0.4, -0.2) is 0 Å². The van der Waals surface area contributed by atoms with E-state index in [4.69, 9.17) is 34.8 Å². The van der Waals surface area contributed by atoms with Gasteiger partial charge in [-0.15, -0.1) is 11.3 Å². The normalized spacial score (nSPS) is 12.5. The lowest BCUT2D eigenvalue weighted by atomic mass is 10.1. The van der Waals surface area contributed by atoms with E-state index in [2.05, 4.69) is 12.2 Å². The maximum Gasteiger partial charge on any atom is 0.0931 e. The minimum atomic E-state index is 0.150. The average molecular weight is 307 g/mol. The number of rotatable bonds is 3. The Morgan fingerprint density at radius 3 is 2.53 bits per heavy atom. The second-order valence-corrected chi connectivity index (χ2v) is 6.06. The molecule has 2 aromatic rings. The van der Waals surface area contributed by atoms with Crippen molar-refractivity contribution in [2.75, 3.05) is 5.32 Å². The van der Waals surface area contributed by atoms with Crippen LogP contribution in [0.4, 0.5) is 5.69 Å². The Morgan fingerprint density at radius 2 is 1.94 bits per heavy atom. The molecule has 0 aliphatic rings. The Bertz CT molecular complexity index is 524. The number of anilines is 1. The van der Waals surface area contributed by atoms with E-state index < -0.39 is 0 Å². The SMILES string of the molecule is CC(Nc1ccc(Cl)cc1Cl)c1csc(Cl)c1. The summed E-state index contributed by atoms with van der Waals surface area (Å²) in [5.74, 6) is 0. The fourth-order valence-corrected chi connectivity index (χ4v) is 2.92. The van der Waals surface area contributed by atoms with Crippen LogP contribution in [0.1, 0.15) is 18.5 Å². The lowest BCUT2D eigenvalue weighted by Gasteiger charge is -2.15. The molecule has 0 saturated carbocycles. The minimum absolute atomic E-state index is 0.150. The molecule has 5 heteroatoms. The Morgan fingerprint density at radius 1 is 1.18 bits per heavy atom. The smallest absolute Gasteiger partial charge is 0.0931 e. The van der Waals surface area contributed by atoms with Crippen molar-refractivity contribution in [2.45, 2.75) is 13.0 Å². The van der Waals surface area contributed by atoms with Gasteiger partial charge in [0, 0.05) is 11.1 Å². The molecule has 0 aliphatic carbocycles. The fourth-order valence-electron chi connectivity index (χ4n) is 1.47. The lowest BCUT2D eigenvalue weighted by Crippen LogP contribution is -2.05. The Kier molecular flexibility index (Phi) is 4.21. The van der Waals surface area contributed by atoms with Crippen LogP contribution < -0.4 is 5.32 Å². The zero-order valence-corrected chi connectivity index (χ0v) is 12.1. The second-order valence-electron chi connectivity index (χ2n) is 3.67. The van der Waals surface area contributed by atoms with Crippen LogP contribution in [-0.2, 0) is 0 Å². The van der Waals surface area contributed by atoms with Crippen LogP contribution in [0.25, 0.3) is 0 Å². The molecule has 1 N–H and O–H groups in total. The monoisotopic (exact) mass is 305 g/mol. The molecule has 0 aliphatic heterocycles. The summed E-state index contributed by atoms with van der Waals surface area (Å²) in [5, 5.41) is 6.60. The van der Waals surface area contributed by atoms with Crippen molar-refractivity contribution in [3.05, 3.63) is 49.6 Å². The molecule has 1 aromatic carbocycles. The van der Waals surface area contributed by atoms with E-state index >= 15 is 0 Å². The van der Waals surface area contributed by atoms with Crippen molar-refractivity contribution >= 4 is 51.8 Å². The highest BCUT2D eigenvalue weighted by molar-refractivity contribution is 7.14. The van der Waals surface area contributed by atoms with Gasteiger partial charge in [-0.3, -0.25) is 0 Å². The van der Waals surface area contributed by atoms with Crippen LogP contribution in [0.2, 0.25) is 14.4 Å². The molecule has 0 amide bonds. The highest BCUT2D eigenvalue weighted by atomic mass is 35.5. The number of hydrogen-bond acceptors (Lipinski definition) is 2. The van der Waals surface area contributed by atoms with E-state index in [-0.39, 0.29) is 6.04 Å². The molecule has 1 unspecified atom stereocenters. The van der Waals surface area contributed by atoms with Crippen molar-refractivity contribution in [1.29, 1.82) is 0 Å². The molecule has 0 spiro atoms. The van der Waals surface area contributed by atoms with Crippen molar-refractivity contribution in [2.24, 2.45) is 0 Å². The Labute approximate surface area is 119 Å². The summed E-state index contributed by atoms with van der Waals surface area (Å²) < 4.78 is 0.788. The maximum atomic E-state index is 6.10. The third-order valence-corrected chi connectivity index (χ3v) is 4.05. The van der Waals surface area contributed by atoms with Gasteiger partial charge in [0.05, 0.1) is 15.0 Å². The van der Waals surface area contributed by atoms with Gasteiger partial charge in [0.2, 0.25) is 0 Å². The summed E-state index contributed by atoms with van der Waals surface area (Å²) in [6.07, 6.45) is 0. The van der Waals surface area contributed by atoms with Gasteiger partial charge in [-0.05, 0) is 42.1 Å². The summed E-state index contributed by atoms with van der Waals surface area (Å²) in [6.45, 7) is 2.06. The van der Waals surface area contributed by atoms with E-state index in [1.54, 1.807) is 6.07 Å². The quantitative estimate of drug-likeness (QED) is 0.746. The van der Waals surface area contributed by atoms with Gasteiger partial charge in [-0.1, -0.05) is 34.8 Å². The van der Waals surface area contributed by atoms with Crippen LogP contribution in [0.5, 0.6) is 0 Å². The first-order valence-corrected chi connectivity index (χ1v) is 7.03. The molecule has 0 saturated heterocycles. The number of benzene rings is 1. The molecule has 0 bridgehead atoms. The van der Waals surface area contributed by atoms with Crippen molar-refractivity contribution in [3.63, 3.8) is 0 Å². The van der Waals surface area contributed by atoms with Gasteiger partial charge < -0.3 is 5.32 Å². The van der Waals surface area contributed by atoms with E-state index in [1.165, 1.54) is 11.3 Å². The number of thiophene rings is 1. The molecule has 17 heavy (non-hydrogen) atoms. The van der Waals surface area contributed by atoms with Crippen LogP contribution >= 0.6 is 46.1 Å². The molecule has 1 aromatic heterocycles. The summed E-state index contributed by atoms with van der Waals surface area (Å²) in [6, 6.07) is 7.50. The van der Waals surface area contributed by atoms with Crippen LogP contribution in [0, 0.1) is 0 Å². The molecular formula is C12H10Cl3NS. The summed E-state index contributed by atoms with van der Waals surface area (Å²) in [5.41, 5.74) is 2.01. The van der Waals surface area contributed by atoms with Gasteiger partial charge in [-0.25, -0.2) is 0 Å². The van der Waals surface area contributed by atoms with E-state index in [0.29, 0.717) is 10.0 Å². The molecule has 2 rings (SSSR count). The molecule has 1 heterocycles. The number of nitrogens with one attached hydrogen (secondary N) is 1. The van der Waals surface area contributed by atoms with E-state index in [9.17, 15) is 0 Å². The fraction of sp³-hybridized carbons (Fsp3) is 0.167. The first kappa shape index (κ1) is 13.0. The Balaban J connectivity index is 2.15. The van der Waals surface area contributed by atoms with Gasteiger partial charge in [-0.2, -0.15) is 0 Å². The molecule has 0 radical (unpaired) electrons. The topological polar surface area (TPSA) is 12.0 Å². The number of halogens is 3. The molecule has 90 valence electrons. The molecule has 0 fully saturated rings. The van der Waals surface area contributed by atoms with Gasteiger partial charge in [0.15, 0.2) is 0 Å². The van der Waals surface area contributed by atoms with Gasteiger partial charge >= 0.3 is 0 Å². The minimum Gasteiger partial charge on any atom is -0.377 e. The van der Waals surface area contributed by atoms with Gasteiger partial charge in [0.25, 0.3) is 0 Å². The maximum absolute atomic E-state index is 6.10. The van der Waals surface area contributed by atoms with Crippen LogP contribution in [0.15, 0.2) is 29.6 Å². The zero-order chi connectivity index (χ0) is 12.4. The molecule has 1 atom stereocenters. The summed E-state index contributed by atoms with van der Waals surface area (Å²) >= 11 is 19.4. The third-order valence-electron chi connectivity index (χ3n) is 2.39. The molecule has 1 nitrogen and oxygen atoms in total. The average Bonchev–Trinajstić information content (AvgIpc) is 2.69. The molecular weight excluding hydrogens is 297 g/mol. The summed E-state index contributed by atoms with van der Waals surface area (Å²) in [4.78, 5) is 0. The predicted molar refractivity (Wildman–Crippen MR) is 77.8 cm³/mol. The van der Waals surface area contributed by atoms with Gasteiger partial charge in [0.1, 0.15) is 0 Å². The predicted octanol–water partition coefficient (Wildman–Crippen LogP) is 5.88. The largest absolute Gasteiger partial charge is 0.377 e. The number of hydrogen-bond donors (Lipinski definition) is 1. The first-order valence-electron chi connectivity index (χ1n) is 5.02. The second kappa shape index (κ2) is 5.49. The Hall–Kier alpha value is -0.410.